The second-order valence-electron chi connectivity index (χ2n) is 9.89. The predicted octanol–water partition coefficient (Wildman–Crippen LogP) is 1.92. The van der Waals surface area contributed by atoms with Gasteiger partial charge in [-0.1, -0.05) is 30.3 Å². The van der Waals surface area contributed by atoms with Gasteiger partial charge >= 0.3 is 0 Å². The molecule has 2 saturated heterocycles. The SMILES string of the molecule is Cc1cn2nc([C@@H]3CCCCN3C(=O)C(NS(C)(=O)=O)c3ccccc3)cc2nc1N1CC[C@H](N)C1. The van der Waals surface area contributed by atoms with E-state index in [0.717, 1.165) is 67.8 Å². The van der Waals surface area contributed by atoms with Crippen LogP contribution in [0.1, 0.15) is 54.6 Å². The first kappa shape index (κ1) is 24.7. The van der Waals surface area contributed by atoms with Crippen LogP contribution in [0, 0.1) is 6.92 Å². The number of aromatic nitrogens is 3. The number of carbonyl (C=O) groups is 1. The molecule has 0 bridgehead atoms. The Hall–Kier alpha value is -3.02. The molecule has 3 N–H and O–H groups in total. The number of sulfonamides is 1. The molecule has 4 heterocycles. The van der Waals surface area contributed by atoms with Crippen LogP contribution in [0.15, 0.2) is 42.6 Å². The van der Waals surface area contributed by atoms with Crippen molar-refractivity contribution in [3.8, 4) is 0 Å². The van der Waals surface area contributed by atoms with Crippen molar-refractivity contribution in [2.75, 3.05) is 30.8 Å². The van der Waals surface area contributed by atoms with E-state index in [4.69, 9.17) is 15.8 Å². The maximum atomic E-state index is 13.8. The summed E-state index contributed by atoms with van der Waals surface area (Å²) in [7, 11) is -3.62. The fourth-order valence-corrected chi connectivity index (χ4v) is 5.94. The van der Waals surface area contributed by atoms with Gasteiger partial charge in [-0.3, -0.25) is 4.79 Å². The zero-order valence-corrected chi connectivity index (χ0v) is 21.5. The first-order chi connectivity index (χ1) is 17.2. The number of hydrogen-bond acceptors (Lipinski definition) is 7. The van der Waals surface area contributed by atoms with E-state index in [1.807, 2.05) is 25.3 Å². The molecule has 0 spiro atoms. The van der Waals surface area contributed by atoms with Crippen LogP contribution in [0.3, 0.4) is 0 Å². The Balaban J connectivity index is 1.47. The molecule has 3 aromatic rings. The number of likely N-dealkylation sites (tertiary alicyclic amines) is 1. The van der Waals surface area contributed by atoms with Crippen LogP contribution in [0.25, 0.3) is 5.65 Å². The summed E-state index contributed by atoms with van der Waals surface area (Å²) >= 11 is 0. The Kier molecular flexibility index (Phi) is 6.71. The zero-order chi connectivity index (χ0) is 25.4. The van der Waals surface area contributed by atoms with E-state index in [0.29, 0.717) is 12.1 Å². The highest BCUT2D eigenvalue weighted by Crippen LogP contribution is 2.34. The molecule has 11 heteroatoms. The molecule has 1 amide bonds. The van der Waals surface area contributed by atoms with Gasteiger partial charge in [-0.05, 0) is 38.2 Å². The van der Waals surface area contributed by atoms with E-state index >= 15 is 0 Å². The Morgan fingerprint density at radius 1 is 1.17 bits per heavy atom. The van der Waals surface area contributed by atoms with E-state index in [1.165, 1.54) is 0 Å². The number of aryl methyl sites for hydroxylation is 1. The van der Waals surface area contributed by atoms with Crippen molar-refractivity contribution in [2.24, 2.45) is 5.73 Å². The summed E-state index contributed by atoms with van der Waals surface area (Å²) in [5, 5.41) is 4.80. The fraction of sp³-hybridized carbons (Fsp3) is 0.480. The van der Waals surface area contributed by atoms with Crippen molar-refractivity contribution in [1.82, 2.24) is 24.2 Å². The lowest BCUT2D eigenvalue weighted by Gasteiger charge is -2.37. The molecule has 192 valence electrons. The number of fused-ring (bicyclic) bond motifs is 1. The number of nitrogens with zero attached hydrogens (tertiary/aromatic N) is 5. The third-order valence-corrected chi connectivity index (χ3v) is 7.65. The van der Waals surface area contributed by atoms with Gasteiger partial charge in [0.25, 0.3) is 0 Å². The Morgan fingerprint density at radius 2 is 1.94 bits per heavy atom. The highest BCUT2D eigenvalue weighted by atomic mass is 32.2. The summed E-state index contributed by atoms with van der Waals surface area (Å²) in [6.07, 6.45) is 6.56. The highest BCUT2D eigenvalue weighted by Gasteiger charge is 2.36. The molecule has 1 aromatic carbocycles. The summed E-state index contributed by atoms with van der Waals surface area (Å²) < 4.78 is 28.6. The number of nitrogens with one attached hydrogen (secondary N) is 1. The lowest BCUT2D eigenvalue weighted by molar-refractivity contribution is -0.137. The van der Waals surface area contributed by atoms with Gasteiger partial charge in [-0.25, -0.2) is 17.9 Å². The molecule has 5 rings (SSSR count). The minimum Gasteiger partial charge on any atom is -0.355 e. The number of rotatable bonds is 6. The average molecular weight is 512 g/mol. The van der Waals surface area contributed by atoms with Gasteiger partial charge in [0.2, 0.25) is 15.9 Å². The molecular weight excluding hydrogens is 478 g/mol. The van der Waals surface area contributed by atoms with E-state index in [1.54, 1.807) is 33.7 Å². The molecule has 1 unspecified atom stereocenters. The second-order valence-corrected chi connectivity index (χ2v) is 11.7. The number of benzene rings is 1. The number of hydrogen-bond donors (Lipinski definition) is 2. The molecule has 2 aromatic heterocycles. The van der Waals surface area contributed by atoms with Gasteiger partial charge in [-0.2, -0.15) is 9.82 Å². The highest BCUT2D eigenvalue weighted by molar-refractivity contribution is 7.88. The van der Waals surface area contributed by atoms with Crippen molar-refractivity contribution >= 4 is 27.4 Å². The summed E-state index contributed by atoms with van der Waals surface area (Å²) in [5.74, 6) is 0.643. The Bertz CT molecular complexity index is 1360. The molecule has 2 aliphatic rings. The number of carbonyl (C=O) groups excluding carboxylic acids is 1. The molecule has 2 fully saturated rings. The van der Waals surface area contributed by atoms with Crippen molar-refractivity contribution in [3.05, 3.63) is 59.4 Å². The molecule has 3 atom stereocenters. The van der Waals surface area contributed by atoms with Crippen LogP contribution >= 0.6 is 0 Å². The van der Waals surface area contributed by atoms with Crippen LogP contribution in [-0.2, 0) is 14.8 Å². The van der Waals surface area contributed by atoms with Gasteiger partial charge in [0.05, 0.1) is 18.0 Å². The third kappa shape index (κ3) is 5.09. The number of nitrogens with two attached hydrogens (primary N) is 1. The lowest BCUT2D eigenvalue weighted by atomic mass is 9.97. The van der Waals surface area contributed by atoms with Crippen LogP contribution in [0.5, 0.6) is 0 Å². The maximum Gasteiger partial charge on any atom is 0.245 e. The average Bonchev–Trinajstić information content (AvgIpc) is 3.47. The zero-order valence-electron chi connectivity index (χ0n) is 20.7. The quantitative estimate of drug-likeness (QED) is 0.518. The summed E-state index contributed by atoms with van der Waals surface area (Å²) in [6, 6.07) is 9.81. The Labute approximate surface area is 211 Å². The van der Waals surface area contributed by atoms with Gasteiger partial charge in [0, 0.05) is 43.5 Å². The van der Waals surface area contributed by atoms with E-state index in [9.17, 15) is 13.2 Å². The Morgan fingerprint density at radius 3 is 2.64 bits per heavy atom. The molecular formula is C25H33N7O3S. The topological polar surface area (TPSA) is 126 Å². The second kappa shape index (κ2) is 9.79. The summed E-state index contributed by atoms with van der Waals surface area (Å²) in [5.41, 5.74) is 9.22. The molecule has 2 aliphatic heterocycles. The van der Waals surface area contributed by atoms with Crippen LogP contribution in [-0.4, -0.2) is 65.8 Å². The number of piperidine rings is 1. The predicted molar refractivity (Wildman–Crippen MR) is 138 cm³/mol. The maximum absolute atomic E-state index is 13.8. The third-order valence-electron chi connectivity index (χ3n) is 6.99. The van der Waals surface area contributed by atoms with Crippen LogP contribution in [0.2, 0.25) is 0 Å². The van der Waals surface area contributed by atoms with Crippen molar-refractivity contribution in [3.63, 3.8) is 0 Å². The monoisotopic (exact) mass is 511 g/mol. The van der Waals surface area contributed by atoms with E-state index in [-0.39, 0.29) is 18.0 Å². The minimum absolute atomic E-state index is 0.155. The molecule has 0 saturated carbocycles. The normalized spacial score (nSPS) is 21.8. The first-order valence-corrected chi connectivity index (χ1v) is 14.3. The van der Waals surface area contributed by atoms with Gasteiger partial charge in [0.15, 0.2) is 5.65 Å². The van der Waals surface area contributed by atoms with E-state index < -0.39 is 16.1 Å². The first-order valence-electron chi connectivity index (χ1n) is 12.4. The lowest BCUT2D eigenvalue weighted by Crippen LogP contribution is -2.46. The molecule has 10 nitrogen and oxygen atoms in total. The molecule has 0 aliphatic carbocycles. The fourth-order valence-electron chi connectivity index (χ4n) is 5.27. The van der Waals surface area contributed by atoms with Crippen LogP contribution in [0.4, 0.5) is 5.82 Å². The van der Waals surface area contributed by atoms with Crippen molar-refractivity contribution < 1.29 is 13.2 Å². The summed E-state index contributed by atoms with van der Waals surface area (Å²) in [4.78, 5) is 22.7. The summed E-state index contributed by atoms with van der Waals surface area (Å²) in [6.45, 7) is 4.22. The largest absolute Gasteiger partial charge is 0.355 e. The number of anilines is 1. The standard InChI is InChI=1S/C25H33N7O3S/c1-17-15-32-22(27-24(17)30-13-11-19(26)16-30)14-20(28-32)21-10-6-7-12-31(21)25(33)23(29-36(2,34)35)18-8-4-3-5-9-18/h3-5,8-9,14-15,19,21,23,29H,6-7,10-13,16,26H2,1-2H3/t19-,21-,23?/m0/s1. The molecule has 0 radical (unpaired) electrons. The smallest absolute Gasteiger partial charge is 0.245 e. The number of amides is 1. The van der Waals surface area contributed by atoms with Crippen molar-refractivity contribution in [2.45, 2.75) is 50.7 Å². The molecule has 36 heavy (non-hydrogen) atoms. The minimum atomic E-state index is -3.62. The van der Waals surface area contributed by atoms with Gasteiger partial charge in [0.1, 0.15) is 11.9 Å². The van der Waals surface area contributed by atoms with E-state index in [2.05, 4.69) is 9.62 Å². The van der Waals surface area contributed by atoms with Gasteiger partial charge in [-0.15, -0.1) is 0 Å². The van der Waals surface area contributed by atoms with Crippen molar-refractivity contribution in [1.29, 1.82) is 0 Å². The van der Waals surface area contributed by atoms with Gasteiger partial charge < -0.3 is 15.5 Å². The van der Waals surface area contributed by atoms with Crippen LogP contribution < -0.4 is 15.4 Å².